The van der Waals surface area contributed by atoms with Gasteiger partial charge in [-0.25, -0.2) is 9.59 Å². The van der Waals surface area contributed by atoms with Crippen LogP contribution in [0.2, 0.25) is 5.02 Å². The Labute approximate surface area is 227 Å². The van der Waals surface area contributed by atoms with Crippen LogP contribution in [0.4, 0.5) is 11.4 Å². The first-order valence-corrected chi connectivity index (χ1v) is 12.8. The standard InChI is InChI=1S/C29H31ClN4O4/c1-17-12-18(2)16-33(15-17)23-11-10-20(13-22(23)30)34-26(29(36)38-4)25(28(35)37-3)24(21(14-31)27(34)32)19-8-6-5-7-9-19/h5-11,13,17-18,24H,12,15-16,32H2,1-4H3. The first-order valence-electron chi connectivity index (χ1n) is 12.4. The van der Waals surface area contributed by atoms with Gasteiger partial charge in [0.1, 0.15) is 11.5 Å². The van der Waals surface area contributed by atoms with Crippen LogP contribution in [-0.2, 0) is 19.1 Å². The summed E-state index contributed by atoms with van der Waals surface area (Å²) in [5, 5.41) is 10.7. The fraction of sp³-hybridized carbons (Fsp3) is 0.345. The summed E-state index contributed by atoms with van der Waals surface area (Å²) in [7, 11) is 2.44. The second kappa shape index (κ2) is 11.2. The third kappa shape index (κ3) is 4.94. The lowest BCUT2D eigenvalue weighted by Gasteiger charge is -2.38. The van der Waals surface area contributed by atoms with E-state index >= 15 is 0 Å². The van der Waals surface area contributed by atoms with Crippen molar-refractivity contribution >= 4 is 34.9 Å². The molecule has 0 radical (unpaired) electrons. The van der Waals surface area contributed by atoms with Crippen LogP contribution in [0.3, 0.4) is 0 Å². The molecule has 8 nitrogen and oxygen atoms in total. The van der Waals surface area contributed by atoms with Crippen LogP contribution >= 0.6 is 11.6 Å². The molecular formula is C29H31ClN4O4. The van der Waals surface area contributed by atoms with E-state index in [1.54, 1.807) is 36.4 Å². The number of carbonyl (C=O) groups is 2. The average Bonchev–Trinajstić information content (AvgIpc) is 2.91. The second-order valence-corrected chi connectivity index (χ2v) is 10.2. The van der Waals surface area contributed by atoms with Gasteiger partial charge in [-0.3, -0.25) is 4.90 Å². The minimum atomic E-state index is -0.926. The van der Waals surface area contributed by atoms with E-state index in [0.717, 1.165) is 25.2 Å². The lowest BCUT2D eigenvalue weighted by molar-refractivity contribution is -0.139. The van der Waals surface area contributed by atoms with Gasteiger partial charge >= 0.3 is 11.9 Å². The molecule has 38 heavy (non-hydrogen) atoms. The molecule has 2 aromatic carbocycles. The molecular weight excluding hydrogens is 504 g/mol. The second-order valence-electron chi connectivity index (χ2n) is 9.82. The van der Waals surface area contributed by atoms with Crippen molar-refractivity contribution in [3.8, 4) is 6.07 Å². The lowest BCUT2D eigenvalue weighted by Crippen LogP contribution is -2.41. The van der Waals surface area contributed by atoms with Gasteiger partial charge in [-0.2, -0.15) is 5.26 Å². The van der Waals surface area contributed by atoms with Gasteiger partial charge in [0.2, 0.25) is 0 Å². The highest BCUT2D eigenvalue weighted by molar-refractivity contribution is 6.33. The summed E-state index contributed by atoms with van der Waals surface area (Å²) >= 11 is 6.79. The van der Waals surface area contributed by atoms with Crippen molar-refractivity contribution in [2.75, 3.05) is 37.1 Å². The molecule has 2 aliphatic heterocycles. The highest BCUT2D eigenvalue weighted by Gasteiger charge is 2.43. The van der Waals surface area contributed by atoms with E-state index in [4.69, 9.17) is 26.8 Å². The zero-order valence-electron chi connectivity index (χ0n) is 21.9. The van der Waals surface area contributed by atoms with E-state index in [0.29, 0.717) is 28.1 Å². The molecule has 0 aliphatic carbocycles. The number of ether oxygens (including phenoxy) is 2. The number of hydrogen-bond donors (Lipinski definition) is 1. The number of halogens is 1. The van der Waals surface area contributed by atoms with Gasteiger partial charge in [-0.05, 0) is 42.0 Å². The van der Waals surface area contributed by atoms with Gasteiger partial charge < -0.3 is 20.1 Å². The van der Waals surface area contributed by atoms with Crippen molar-refractivity contribution in [3.63, 3.8) is 0 Å². The Bertz CT molecular complexity index is 1340. The summed E-state index contributed by atoms with van der Waals surface area (Å²) in [5.74, 6) is -1.45. The summed E-state index contributed by atoms with van der Waals surface area (Å²) in [6.07, 6.45) is 1.16. The normalized spacial score (nSPS) is 21.7. The topological polar surface area (TPSA) is 109 Å². The molecule has 0 amide bonds. The maximum absolute atomic E-state index is 13.2. The summed E-state index contributed by atoms with van der Waals surface area (Å²) in [6.45, 7) is 6.20. The number of anilines is 2. The van der Waals surface area contributed by atoms with Gasteiger partial charge in [0.25, 0.3) is 0 Å². The first kappa shape index (κ1) is 27.1. The average molecular weight is 535 g/mol. The van der Waals surface area contributed by atoms with Crippen LogP contribution in [0, 0.1) is 23.2 Å². The molecule has 2 aromatic rings. The number of benzene rings is 2. The Morgan fingerprint density at radius 2 is 1.66 bits per heavy atom. The molecule has 0 aromatic heterocycles. The SMILES string of the molecule is COC(=O)C1=C(C(=O)OC)N(c2ccc(N3CC(C)CC(C)C3)c(Cl)c2)C(N)=C(C#N)C1c1ccccc1. The minimum absolute atomic E-state index is 0.00144. The van der Waals surface area contributed by atoms with Crippen molar-refractivity contribution < 1.29 is 19.1 Å². The van der Waals surface area contributed by atoms with Crippen LogP contribution < -0.4 is 15.5 Å². The smallest absolute Gasteiger partial charge is 0.355 e. The molecule has 0 saturated carbocycles. The molecule has 4 rings (SSSR count). The zero-order valence-corrected chi connectivity index (χ0v) is 22.7. The largest absolute Gasteiger partial charge is 0.466 e. The van der Waals surface area contributed by atoms with Crippen molar-refractivity contribution in [2.45, 2.75) is 26.2 Å². The molecule has 198 valence electrons. The molecule has 2 N–H and O–H groups in total. The van der Waals surface area contributed by atoms with Crippen LogP contribution in [0.25, 0.3) is 0 Å². The Morgan fingerprint density at radius 1 is 1.03 bits per heavy atom. The number of carbonyl (C=O) groups excluding carboxylic acids is 2. The summed E-state index contributed by atoms with van der Waals surface area (Å²) in [4.78, 5) is 30.0. The van der Waals surface area contributed by atoms with Gasteiger partial charge in [0.15, 0.2) is 0 Å². The summed E-state index contributed by atoms with van der Waals surface area (Å²) < 4.78 is 10.2. The number of piperidine rings is 1. The monoisotopic (exact) mass is 534 g/mol. The Hall–Kier alpha value is -3.96. The first-order chi connectivity index (χ1) is 18.2. The minimum Gasteiger partial charge on any atom is -0.466 e. The Kier molecular flexibility index (Phi) is 7.98. The van der Waals surface area contributed by atoms with E-state index in [1.165, 1.54) is 19.1 Å². The zero-order chi connectivity index (χ0) is 27.6. The Balaban J connectivity index is 1.91. The number of nitriles is 1. The van der Waals surface area contributed by atoms with Gasteiger partial charge in [0.05, 0.1) is 48.1 Å². The maximum Gasteiger partial charge on any atom is 0.355 e. The summed E-state index contributed by atoms with van der Waals surface area (Å²) in [5.41, 5.74) is 8.39. The molecule has 2 aliphatic rings. The summed E-state index contributed by atoms with van der Waals surface area (Å²) in [6, 6.07) is 16.4. The molecule has 2 heterocycles. The van der Waals surface area contributed by atoms with Crippen LogP contribution in [0.5, 0.6) is 0 Å². The van der Waals surface area contributed by atoms with Gasteiger partial charge in [-0.1, -0.05) is 55.8 Å². The molecule has 1 saturated heterocycles. The number of nitrogens with zero attached hydrogens (tertiary/aromatic N) is 3. The molecule has 0 spiro atoms. The van der Waals surface area contributed by atoms with Crippen LogP contribution in [-0.4, -0.2) is 39.2 Å². The number of hydrogen-bond acceptors (Lipinski definition) is 8. The van der Waals surface area contributed by atoms with E-state index in [9.17, 15) is 14.9 Å². The van der Waals surface area contributed by atoms with E-state index in [1.807, 2.05) is 12.1 Å². The van der Waals surface area contributed by atoms with E-state index in [2.05, 4.69) is 24.8 Å². The highest BCUT2D eigenvalue weighted by Crippen LogP contribution is 2.44. The fourth-order valence-corrected chi connectivity index (χ4v) is 5.83. The predicted octanol–water partition coefficient (Wildman–Crippen LogP) is 4.72. The molecule has 1 fully saturated rings. The quantitative estimate of drug-likeness (QED) is 0.549. The van der Waals surface area contributed by atoms with E-state index < -0.39 is 17.9 Å². The number of rotatable bonds is 5. The molecule has 9 heteroatoms. The number of nitrogens with two attached hydrogens (primary N) is 1. The number of esters is 2. The van der Waals surface area contributed by atoms with Gasteiger partial charge in [-0.15, -0.1) is 0 Å². The third-order valence-corrected chi connectivity index (χ3v) is 7.31. The maximum atomic E-state index is 13.2. The number of methoxy groups -OCH3 is 2. The molecule has 0 bridgehead atoms. The van der Waals surface area contributed by atoms with Crippen LogP contribution in [0.15, 0.2) is 71.2 Å². The fourth-order valence-electron chi connectivity index (χ4n) is 5.53. The molecule has 3 atom stereocenters. The Morgan fingerprint density at radius 3 is 2.21 bits per heavy atom. The van der Waals surface area contributed by atoms with Crippen molar-refractivity contribution in [1.29, 1.82) is 5.26 Å². The van der Waals surface area contributed by atoms with Gasteiger partial charge in [0, 0.05) is 18.8 Å². The third-order valence-electron chi connectivity index (χ3n) is 7.01. The highest BCUT2D eigenvalue weighted by atomic mass is 35.5. The molecule has 3 unspecified atom stereocenters. The lowest BCUT2D eigenvalue weighted by atomic mass is 9.81. The van der Waals surface area contributed by atoms with Crippen molar-refractivity contribution in [2.24, 2.45) is 17.6 Å². The van der Waals surface area contributed by atoms with Crippen molar-refractivity contribution in [1.82, 2.24) is 0 Å². The van der Waals surface area contributed by atoms with Crippen molar-refractivity contribution in [3.05, 3.63) is 81.8 Å². The number of allylic oxidation sites excluding steroid dienone is 1. The van der Waals surface area contributed by atoms with E-state index in [-0.39, 0.29) is 22.7 Å². The van der Waals surface area contributed by atoms with Crippen LogP contribution in [0.1, 0.15) is 31.7 Å². The predicted molar refractivity (Wildman–Crippen MR) is 146 cm³/mol.